The summed E-state index contributed by atoms with van der Waals surface area (Å²) in [6.45, 7) is 5.41. The molecule has 2 rings (SSSR count). The predicted octanol–water partition coefficient (Wildman–Crippen LogP) is 2.98. The van der Waals surface area contributed by atoms with Crippen molar-refractivity contribution in [3.8, 4) is 6.07 Å². The van der Waals surface area contributed by atoms with Crippen LogP contribution in [0, 0.1) is 11.3 Å². The summed E-state index contributed by atoms with van der Waals surface area (Å²) < 4.78 is 5.15. The Hall–Kier alpha value is -0.980. The number of ether oxygens (including phenoxy) is 1. The Morgan fingerprint density at radius 2 is 1.94 bits per heavy atom. The third-order valence-electron chi connectivity index (χ3n) is 2.69. The number of rotatable bonds is 3. The van der Waals surface area contributed by atoms with Gasteiger partial charge in [-0.15, -0.1) is 11.8 Å². The summed E-state index contributed by atoms with van der Waals surface area (Å²) in [6, 6.07) is 10.7. The topological polar surface area (TPSA) is 33.0 Å². The minimum absolute atomic E-state index is 0.388. The Balaban J connectivity index is 2.16. The van der Waals surface area contributed by atoms with Gasteiger partial charge < -0.3 is 4.74 Å². The van der Waals surface area contributed by atoms with Crippen LogP contribution in [0.5, 0.6) is 0 Å². The van der Waals surface area contributed by atoms with E-state index in [4.69, 9.17) is 10.00 Å². The largest absolute Gasteiger partial charge is 0.377 e. The zero-order chi connectivity index (χ0) is 11.6. The molecule has 1 saturated heterocycles. The van der Waals surface area contributed by atoms with E-state index in [-0.39, 0.29) is 5.41 Å². The lowest BCUT2D eigenvalue weighted by Crippen LogP contribution is -2.45. The van der Waals surface area contributed by atoms with Crippen LogP contribution in [0.25, 0.3) is 0 Å². The second kappa shape index (κ2) is 4.48. The van der Waals surface area contributed by atoms with Crippen molar-refractivity contribution in [2.75, 3.05) is 13.2 Å². The molecule has 0 bridgehead atoms. The van der Waals surface area contributed by atoms with E-state index in [1.54, 1.807) is 0 Å². The molecule has 0 spiro atoms. The third kappa shape index (κ3) is 2.09. The van der Waals surface area contributed by atoms with Crippen LogP contribution in [-0.4, -0.2) is 18.5 Å². The van der Waals surface area contributed by atoms with E-state index in [1.165, 1.54) is 4.90 Å². The maximum absolute atomic E-state index is 9.17. The van der Waals surface area contributed by atoms with Crippen molar-refractivity contribution in [1.29, 1.82) is 5.26 Å². The summed E-state index contributed by atoms with van der Waals surface area (Å²) in [5.41, 5.74) is 0.690. The molecule has 0 N–H and O–H groups in total. The first-order chi connectivity index (χ1) is 7.66. The molecule has 0 amide bonds. The van der Waals surface area contributed by atoms with Gasteiger partial charge in [-0.05, 0) is 17.7 Å². The molecule has 0 aliphatic carbocycles. The number of thioether (sulfide) groups is 1. The van der Waals surface area contributed by atoms with Crippen molar-refractivity contribution >= 4 is 11.8 Å². The third-order valence-corrected chi connectivity index (χ3v) is 3.71. The van der Waals surface area contributed by atoms with E-state index >= 15 is 0 Å². The Kier molecular flexibility index (Phi) is 3.22. The van der Waals surface area contributed by atoms with Gasteiger partial charge in [-0.1, -0.05) is 26.0 Å². The quantitative estimate of drug-likeness (QED) is 0.752. The van der Waals surface area contributed by atoms with Gasteiger partial charge in [-0.25, -0.2) is 0 Å². The highest BCUT2D eigenvalue weighted by Crippen LogP contribution is 2.33. The molecule has 2 nitrogen and oxygen atoms in total. The molecule has 0 saturated carbocycles. The summed E-state index contributed by atoms with van der Waals surface area (Å²) in [5, 5.41) is 9.76. The number of nitriles is 1. The Morgan fingerprint density at radius 3 is 2.31 bits per heavy atom. The van der Waals surface area contributed by atoms with Crippen LogP contribution in [0.1, 0.15) is 19.4 Å². The molecule has 1 aliphatic rings. The zero-order valence-electron chi connectivity index (χ0n) is 9.56. The molecule has 1 fully saturated rings. The van der Waals surface area contributed by atoms with Gasteiger partial charge in [0.15, 0.2) is 0 Å². The second-order valence-corrected chi connectivity index (χ2v) is 6.03. The molecule has 1 aromatic rings. The van der Waals surface area contributed by atoms with E-state index in [0.717, 1.165) is 5.56 Å². The van der Waals surface area contributed by atoms with Crippen LogP contribution >= 0.6 is 11.8 Å². The van der Waals surface area contributed by atoms with Gasteiger partial charge >= 0.3 is 0 Å². The molecule has 1 aromatic carbocycles. The smallest absolute Gasteiger partial charge is 0.129 e. The molecule has 0 radical (unpaired) electrons. The normalized spacial score (nSPS) is 17.9. The fourth-order valence-corrected chi connectivity index (χ4v) is 2.56. The van der Waals surface area contributed by atoms with Crippen LogP contribution in [0.4, 0.5) is 0 Å². The highest BCUT2D eigenvalue weighted by Gasteiger charge is 2.40. The maximum Gasteiger partial charge on any atom is 0.129 e. The van der Waals surface area contributed by atoms with Crippen molar-refractivity contribution < 1.29 is 4.74 Å². The number of nitrogens with zero attached hydrogens (tertiary/aromatic N) is 1. The van der Waals surface area contributed by atoms with Crippen LogP contribution < -0.4 is 0 Å². The average molecular weight is 233 g/mol. The van der Waals surface area contributed by atoms with Crippen molar-refractivity contribution in [3.63, 3.8) is 0 Å². The number of benzene rings is 1. The molecule has 0 unspecified atom stereocenters. The van der Waals surface area contributed by atoms with Gasteiger partial charge in [0, 0.05) is 10.1 Å². The summed E-state index contributed by atoms with van der Waals surface area (Å²) >= 11 is 1.84. The highest BCUT2D eigenvalue weighted by atomic mass is 32.2. The van der Waals surface area contributed by atoms with Crippen molar-refractivity contribution in [2.45, 2.75) is 29.4 Å². The molecular weight excluding hydrogens is 218 g/mol. The molecule has 1 aliphatic heterocycles. The summed E-state index contributed by atoms with van der Waals surface area (Å²) in [4.78, 5) is 1.26. The fraction of sp³-hybridized carbons (Fsp3) is 0.462. The van der Waals surface area contributed by atoms with Gasteiger partial charge in [0.25, 0.3) is 0 Å². The first-order valence-electron chi connectivity index (χ1n) is 5.42. The SMILES string of the molecule is CC(C)Sc1ccc(C2(C#N)COC2)cc1. The monoisotopic (exact) mass is 233 g/mol. The highest BCUT2D eigenvalue weighted by molar-refractivity contribution is 7.99. The zero-order valence-corrected chi connectivity index (χ0v) is 10.4. The van der Waals surface area contributed by atoms with Crippen LogP contribution in [-0.2, 0) is 10.2 Å². The van der Waals surface area contributed by atoms with Crippen molar-refractivity contribution in [2.24, 2.45) is 0 Å². The standard InChI is InChI=1S/C13H15NOS/c1-10(2)16-12-5-3-11(4-6-12)13(7-14)8-15-9-13/h3-6,10H,8-9H2,1-2H3. The lowest BCUT2D eigenvalue weighted by Gasteiger charge is -2.35. The Labute approximate surface area is 101 Å². The van der Waals surface area contributed by atoms with Gasteiger partial charge in [-0.2, -0.15) is 5.26 Å². The lowest BCUT2D eigenvalue weighted by atomic mass is 9.80. The second-order valence-electron chi connectivity index (χ2n) is 4.38. The molecule has 84 valence electrons. The molecule has 16 heavy (non-hydrogen) atoms. The molecule has 0 atom stereocenters. The van der Waals surface area contributed by atoms with E-state index < -0.39 is 0 Å². The number of hydrogen-bond donors (Lipinski definition) is 0. The van der Waals surface area contributed by atoms with Gasteiger partial charge in [0.2, 0.25) is 0 Å². The molecule has 0 aromatic heterocycles. The van der Waals surface area contributed by atoms with Crippen molar-refractivity contribution in [1.82, 2.24) is 0 Å². The summed E-state index contributed by atoms with van der Waals surface area (Å²) in [6.07, 6.45) is 0. The number of hydrogen-bond acceptors (Lipinski definition) is 3. The van der Waals surface area contributed by atoms with Gasteiger partial charge in [0.05, 0.1) is 19.3 Å². The minimum atomic E-state index is -0.388. The van der Waals surface area contributed by atoms with E-state index in [9.17, 15) is 0 Å². The van der Waals surface area contributed by atoms with Gasteiger partial charge in [-0.3, -0.25) is 0 Å². The van der Waals surface area contributed by atoms with Crippen LogP contribution in [0.15, 0.2) is 29.2 Å². The fourth-order valence-electron chi connectivity index (χ4n) is 1.73. The maximum atomic E-state index is 9.17. The van der Waals surface area contributed by atoms with Crippen LogP contribution in [0.2, 0.25) is 0 Å². The van der Waals surface area contributed by atoms with E-state index in [1.807, 2.05) is 11.8 Å². The average Bonchev–Trinajstić information content (AvgIpc) is 2.19. The van der Waals surface area contributed by atoms with E-state index in [2.05, 4.69) is 44.2 Å². The predicted molar refractivity (Wildman–Crippen MR) is 65.5 cm³/mol. The summed E-state index contributed by atoms with van der Waals surface area (Å²) in [7, 11) is 0. The molecule has 3 heteroatoms. The minimum Gasteiger partial charge on any atom is -0.377 e. The van der Waals surface area contributed by atoms with E-state index in [0.29, 0.717) is 18.5 Å². The van der Waals surface area contributed by atoms with Crippen LogP contribution in [0.3, 0.4) is 0 Å². The van der Waals surface area contributed by atoms with Crippen molar-refractivity contribution in [3.05, 3.63) is 29.8 Å². The molecular formula is C13H15NOS. The Morgan fingerprint density at radius 1 is 1.31 bits per heavy atom. The Bertz CT molecular complexity index is 401. The van der Waals surface area contributed by atoms with Gasteiger partial charge in [0.1, 0.15) is 5.41 Å². The molecule has 1 heterocycles. The summed E-state index contributed by atoms with van der Waals surface area (Å²) in [5.74, 6) is 0. The lowest BCUT2D eigenvalue weighted by molar-refractivity contribution is -0.0298. The first kappa shape index (κ1) is 11.5. The first-order valence-corrected chi connectivity index (χ1v) is 6.30.